The first-order valence-electron chi connectivity index (χ1n) is 6.96. The van der Waals surface area contributed by atoms with Gasteiger partial charge in [0.05, 0.1) is 4.92 Å². The van der Waals surface area contributed by atoms with Gasteiger partial charge in [-0.05, 0) is 48.3 Å². The summed E-state index contributed by atoms with van der Waals surface area (Å²) in [5, 5.41) is 16.3. The number of thiocarbonyl (C=S) groups is 1. The minimum atomic E-state index is -0.518. The molecule has 0 aliphatic rings. The summed E-state index contributed by atoms with van der Waals surface area (Å²) in [6.07, 6.45) is 2.01. The fraction of sp³-hybridized carbons (Fsp3) is 0.125. The Morgan fingerprint density at radius 2 is 1.79 bits per heavy atom. The van der Waals surface area contributed by atoms with Gasteiger partial charge in [0.25, 0.3) is 11.6 Å². The van der Waals surface area contributed by atoms with Crippen molar-refractivity contribution in [3.8, 4) is 0 Å². The molecular weight excluding hydrogens is 346 g/mol. The van der Waals surface area contributed by atoms with Gasteiger partial charge in [-0.15, -0.1) is 11.8 Å². The first-order valence-corrected chi connectivity index (χ1v) is 8.59. The third-order valence-corrected chi connectivity index (χ3v) is 4.17. The second kappa shape index (κ2) is 8.42. The molecule has 0 unspecified atom stereocenters. The predicted molar refractivity (Wildman–Crippen MR) is 98.2 cm³/mol. The molecule has 2 aromatic rings. The van der Waals surface area contributed by atoms with Gasteiger partial charge in [0.2, 0.25) is 0 Å². The Hall–Kier alpha value is -2.45. The van der Waals surface area contributed by atoms with Crippen LogP contribution in [0.4, 0.5) is 5.69 Å². The van der Waals surface area contributed by atoms with Crippen molar-refractivity contribution in [3.63, 3.8) is 0 Å². The highest BCUT2D eigenvalue weighted by molar-refractivity contribution is 7.98. The molecule has 0 aliphatic carbocycles. The van der Waals surface area contributed by atoms with Crippen LogP contribution in [-0.4, -0.2) is 22.2 Å². The molecule has 124 valence electrons. The van der Waals surface area contributed by atoms with Gasteiger partial charge >= 0.3 is 0 Å². The Morgan fingerprint density at radius 3 is 2.33 bits per heavy atom. The molecule has 0 heterocycles. The van der Waals surface area contributed by atoms with Crippen molar-refractivity contribution in [2.75, 3.05) is 6.26 Å². The molecule has 0 radical (unpaired) electrons. The molecule has 2 N–H and O–H groups in total. The SMILES string of the molecule is CSc1ccc(CNC(=S)NC(=O)c2ccc([N+](=O)[O-])cc2)cc1. The lowest BCUT2D eigenvalue weighted by Crippen LogP contribution is -2.38. The molecule has 8 heteroatoms. The molecular formula is C16H15N3O3S2. The smallest absolute Gasteiger partial charge is 0.269 e. The summed E-state index contributed by atoms with van der Waals surface area (Å²) < 4.78 is 0. The van der Waals surface area contributed by atoms with Crippen LogP contribution in [0.3, 0.4) is 0 Å². The van der Waals surface area contributed by atoms with E-state index in [0.29, 0.717) is 12.1 Å². The number of thioether (sulfide) groups is 1. The van der Waals surface area contributed by atoms with Gasteiger partial charge in [-0.2, -0.15) is 0 Å². The van der Waals surface area contributed by atoms with Gasteiger partial charge < -0.3 is 5.32 Å². The number of benzene rings is 2. The molecule has 2 aromatic carbocycles. The summed E-state index contributed by atoms with van der Waals surface area (Å²) >= 11 is 6.76. The van der Waals surface area contributed by atoms with E-state index in [-0.39, 0.29) is 10.8 Å². The lowest BCUT2D eigenvalue weighted by Gasteiger charge is -2.10. The molecule has 0 spiro atoms. The lowest BCUT2D eigenvalue weighted by atomic mass is 10.2. The van der Waals surface area contributed by atoms with E-state index in [1.807, 2.05) is 30.5 Å². The molecule has 0 fully saturated rings. The van der Waals surface area contributed by atoms with Crippen LogP contribution in [0.25, 0.3) is 0 Å². The van der Waals surface area contributed by atoms with E-state index in [4.69, 9.17) is 12.2 Å². The van der Waals surface area contributed by atoms with E-state index >= 15 is 0 Å². The van der Waals surface area contributed by atoms with Crippen LogP contribution in [0.2, 0.25) is 0 Å². The maximum Gasteiger partial charge on any atom is 0.269 e. The zero-order chi connectivity index (χ0) is 17.5. The quantitative estimate of drug-likeness (QED) is 0.368. The topological polar surface area (TPSA) is 84.3 Å². The van der Waals surface area contributed by atoms with Gasteiger partial charge in [-0.25, -0.2) is 0 Å². The number of rotatable bonds is 5. The van der Waals surface area contributed by atoms with Crippen molar-refractivity contribution < 1.29 is 9.72 Å². The van der Waals surface area contributed by atoms with Crippen LogP contribution in [0.5, 0.6) is 0 Å². The summed E-state index contributed by atoms with van der Waals surface area (Å²) in [5.41, 5.74) is 1.27. The van der Waals surface area contributed by atoms with Crippen LogP contribution in [0.1, 0.15) is 15.9 Å². The molecule has 0 saturated heterocycles. The van der Waals surface area contributed by atoms with Crippen molar-refractivity contribution in [1.82, 2.24) is 10.6 Å². The number of nitrogens with zero attached hydrogens (tertiary/aromatic N) is 1. The first-order chi connectivity index (χ1) is 11.5. The van der Waals surface area contributed by atoms with Crippen molar-refractivity contribution in [2.24, 2.45) is 0 Å². The standard InChI is InChI=1S/C16H15N3O3S2/c1-24-14-8-2-11(3-9-14)10-17-16(23)18-15(20)12-4-6-13(7-5-12)19(21)22/h2-9H,10H2,1H3,(H2,17,18,20,23). The molecule has 2 rings (SSSR count). The number of nitrogens with one attached hydrogen (secondary N) is 2. The molecule has 6 nitrogen and oxygen atoms in total. The highest BCUT2D eigenvalue weighted by Crippen LogP contribution is 2.14. The summed E-state index contributed by atoms with van der Waals surface area (Å²) in [6, 6.07) is 13.3. The number of amides is 1. The highest BCUT2D eigenvalue weighted by Gasteiger charge is 2.10. The zero-order valence-electron chi connectivity index (χ0n) is 12.8. The Kier molecular flexibility index (Phi) is 6.28. The molecule has 1 amide bonds. The Bertz CT molecular complexity index is 746. The minimum absolute atomic E-state index is 0.0686. The third-order valence-electron chi connectivity index (χ3n) is 3.18. The van der Waals surface area contributed by atoms with Crippen LogP contribution in [0.15, 0.2) is 53.4 Å². The zero-order valence-corrected chi connectivity index (χ0v) is 14.4. The van der Waals surface area contributed by atoms with E-state index in [2.05, 4.69) is 10.6 Å². The van der Waals surface area contributed by atoms with Crippen LogP contribution in [0, 0.1) is 10.1 Å². The normalized spacial score (nSPS) is 10.0. The summed E-state index contributed by atoms with van der Waals surface area (Å²) in [7, 11) is 0. The second-order valence-corrected chi connectivity index (χ2v) is 6.08. The van der Waals surface area contributed by atoms with Gasteiger partial charge in [0.1, 0.15) is 0 Å². The van der Waals surface area contributed by atoms with Crippen LogP contribution < -0.4 is 10.6 Å². The van der Waals surface area contributed by atoms with Gasteiger partial charge in [0, 0.05) is 29.1 Å². The average molecular weight is 361 g/mol. The molecule has 0 aromatic heterocycles. The summed E-state index contributed by atoms with van der Waals surface area (Å²) in [4.78, 5) is 23.3. The largest absolute Gasteiger partial charge is 0.358 e. The van der Waals surface area contributed by atoms with Crippen molar-refractivity contribution in [3.05, 3.63) is 69.8 Å². The summed E-state index contributed by atoms with van der Waals surface area (Å²) in [5.74, 6) is -0.417. The van der Waals surface area contributed by atoms with E-state index in [0.717, 1.165) is 5.56 Å². The van der Waals surface area contributed by atoms with Crippen LogP contribution >= 0.6 is 24.0 Å². The maximum atomic E-state index is 12.0. The number of nitro groups is 1. The van der Waals surface area contributed by atoms with Gasteiger partial charge in [-0.1, -0.05) is 12.1 Å². The number of carbonyl (C=O) groups excluding carboxylic acids is 1. The maximum absolute atomic E-state index is 12.0. The fourth-order valence-corrected chi connectivity index (χ4v) is 2.45. The highest BCUT2D eigenvalue weighted by atomic mass is 32.2. The Morgan fingerprint density at radius 1 is 1.17 bits per heavy atom. The van der Waals surface area contributed by atoms with Gasteiger partial charge in [-0.3, -0.25) is 20.2 Å². The minimum Gasteiger partial charge on any atom is -0.358 e. The predicted octanol–water partition coefficient (Wildman–Crippen LogP) is 3.12. The average Bonchev–Trinajstić information content (AvgIpc) is 2.60. The number of hydrogen-bond acceptors (Lipinski definition) is 5. The molecule has 0 atom stereocenters. The summed E-state index contributed by atoms with van der Waals surface area (Å²) in [6.45, 7) is 0.494. The van der Waals surface area contributed by atoms with E-state index < -0.39 is 10.8 Å². The third kappa shape index (κ3) is 5.04. The fourth-order valence-electron chi connectivity index (χ4n) is 1.88. The Labute approximate surface area is 148 Å². The number of non-ortho nitro benzene ring substituents is 1. The Balaban J connectivity index is 1.86. The van der Waals surface area contributed by atoms with Crippen molar-refractivity contribution in [2.45, 2.75) is 11.4 Å². The van der Waals surface area contributed by atoms with E-state index in [9.17, 15) is 14.9 Å². The van der Waals surface area contributed by atoms with E-state index in [1.165, 1.54) is 29.2 Å². The number of carbonyl (C=O) groups is 1. The van der Waals surface area contributed by atoms with Gasteiger partial charge in [0.15, 0.2) is 5.11 Å². The van der Waals surface area contributed by atoms with E-state index in [1.54, 1.807) is 11.8 Å². The number of nitro benzene ring substituents is 1. The lowest BCUT2D eigenvalue weighted by molar-refractivity contribution is -0.384. The first kappa shape index (κ1) is 17.9. The molecule has 24 heavy (non-hydrogen) atoms. The molecule has 0 aliphatic heterocycles. The van der Waals surface area contributed by atoms with Crippen molar-refractivity contribution in [1.29, 1.82) is 0 Å². The van der Waals surface area contributed by atoms with Crippen LogP contribution in [-0.2, 0) is 6.54 Å². The second-order valence-electron chi connectivity index (χ2n) is 4.79. The molecule has 0 saturated carbocycles. The van der Waals surface area contributed by atoms with Crippen molar-refractivity contribution >= 4 is 40.7 Å². The molecule has 0 bridgehead atoms. The monoisotopic (exact) mass is 361 g/mol. The number of hydrogen-bond donors (Lipinski definition) is 2.